The highest BCUT2D eigenvalue weighted by Gasteiger charge is 2.24. The van der Waals surface area contributed by atoms with Crippen molar-refractivity contribution in [1.29, 1.82) is 0 Å². The molecule has 0 bridgehead atoms. The van der Waals surface area contributed by atoms with Gasteiger partial charge in [-0.25, -0.2) is 0 Å². The molecular formula is C13H27N. The summed E-state index contributed by atoms with van der Waals surface area (Å²) in [4.78, 5) is 0. The lowest BCUT2D eigenvalue weighted by molar-refractivity contribution is 0.319. The van der Waals surface area contributed by atoms with E-state index >= 15 is 0 Å². The van der Waals surface area contributed by atoms with E-state index in [1.807, 2.05) is 0 Å². The number of rotatable bonds is 5. The van der Waals surface area contributed by atoms with E-state index in [-0.39, 0.29) is 0 Å². The largest absolute Gasteiger partial charge is 0.311 e. The summed E-state index contributed by atoms with van der Waals surface area (Å²) in [6.07, 6.45) is 6.84. The Balaban J connectivity index is 2.28. The fourth-order valence-electron chi connectivity index (χ4n) is 2.86. The molecule has 1 heteroatoms. The number of hydrogen-bond donors (Lipinski definition) is 1. The van der Waals surface area contributed by atoms with Crippen LogP contribution in [0.5, 0.6) is 0 Å². The van der Waals surface area contributed by atoms with E-state index in [1.165, 1.54) is 32.1 Å². The van der Waals surface area contributed by atoms with E-state index in [2.05, 4.69) is 33.0 Å². The van der Waals surface area contributed by atoms with Gasteiger partial charge in [-0.2, -0.15) is 0 Å². The van der Waals surface area contributed by atoms with Crippen LogP contribution >= 0.6 is 0 Å². The molecule has 1 saturated carbocycles. The van der Waals surface area contributed by atoms with Gasteiger partial charge >= 0.3 is 0 Å². The molecule has 0 aliphatic heterocycles. The molecule has 3 unspecified atom stereocenters. The summed E-state index contributed by atoms with van der Waals surface area (Å²) in [7, 11) is 0. The lowest BCUT2D eigenvalue weighted by Gasteiger charge is -2.26. The quantitative estimate of drug-likeness (QED) is 0.710. The number of hydrogen-bond acceptors (Lipinski definition) is 1. The highest BCUT2D eigenvalue weighted by Crippen LogP contribution is 2.26. The first kappa shape index (κ1) is 12.0. The van der Waals surface area contributed by atoms with Gasteiger partial charge in [-0.05, 0) is 38.0 Å². The minimum absolute atomic E-state index is 0.709. The monoisotopic (exact) mass is 197 g/mol. The Morgan fingerprint density at radius 2 is 1.86 bits per heavy atom. The third-order valence-electron chi connectivity index (χ3n) is 3.95. The van der Waals surface area contributed by atoms with Gasteiger partial charge in [0.15, 0.2) is 0 Å². The van der Waals surface area contributed by atoms with Crippen molar-refractivity contribution < 1.29 is 0 Å². The summed E-state index contributed by atoms with van der Waals surface area (Å²) in [5, 5.41) is 3.81. The standard InChI is InChI=1S/C13H27N/c1-5-12(6-2)11(4)14-13-8-7-10(3)9-13/h10-14H,5-9H2,1-4H3. The van der Waals surface area contributed by atoms with Gasteiger partial charge in [0.2, 0.25) is 0 Å². The van der Waals surface area contributed by atoms with Gasteiger partial charge in [0.1, 0.15) is 0 Å². The molecule has 0 saturated heterocycles. The molecule has 0 spiro atoms. The van der Waals surface area contributed by atoms with E-state index in [4.69, 9.17) is 0 Å². The normalized spacial score (nSPS) is 29.8. The van der Waals surface area contributed by atoms with Crippen molar-refractivity contribution >= 4 is 0 Å². The van der Waals surface area contributed by atoms with Crippen molar-refractivity contribution in [3.8, 4) is 0 Å². The Morgan fingerprint density at radius 1 is 1.21 bits per heavy atom. The highest BCUT2D eigenvalue weighted by molar-refractivity contribution is 4.82. The van der Waals surface area contributed by atoms with Crippen molar-refractivity contribution in [2.75, 3.05) is 0 Å². The summed E-state index contributed by atoms with van der Waals surface area (Å²) in [5.74, 6) is 1.81. The fourth-order valence-corrected chi connectivity index (χ4v) is 2.86. The summed E-state index contributed by atoms with van der Waals surface area (Å²) in [6.45, 7) is 9.36. The molecule has 0 radical (unpaired) electrons. The molecule has 0 amide bonds. The Hall–Kier alpha value is -0.0400. The molecular weight excluding hydrogens is 170 g/mol. The Morgan fingerprint density at radius 3 is 2.29 bits per heavy atom. The van der Waals surface area contributed by atoms with Crippen molar-refractivity contribution in [2.45, 2.75) is 71.9 Å². The van der Waals surface area contributed by atoms with Crippen molar-refractivity contribution in [3.63, 3.8) is 0 Å². The second-order valence-electron chi connectivity index (χ2n) is 5.15. The minimum atomic E-state index is 0.709. The van der Waals surface area contributed by atoms with Crippen molar-refractivity contribution in [2.24, 2.45) is 11.8 Å². The number of nitrogens with one attached hydrogen (secondary N) is 1. The van der Waals surface area contributed by atoms with Gasteiger partial charge in [0.05, 0.1) is 0 Å². The molecule has 0 aromatic carbocycles. The zero-order valence-corrected chi connectivity index (χ0v) is 10.3. The Kier molecular flexibility index (Phi) is 4.94. The molecule has 0 aromatic heterocycles. The first-order chi connectivity index (χ1) is 6.67. The zero-order valence-electron chi connectivity index (χ0n) is 10.3. The van der Waals surface area contributed by atoms with Crippen LogP contribution < -0.4 is 5.32 Å². The molecule has 1 fully saturated rings. The fraction of sp³-hybridized carbons (Fsp3) is 1.00. The summed E-state index contributed by atoms with van der Waals surface area (Å²) in [6, 6.07) is 1.51. The molecule has 3 atom stereocenters. The molecule has 0 heterocycles. The molecule has 84 valence electrons. The SMILES string of the molecule is CCC(CC)C(C)NC1CCC(C)C1. The molecule has 1 aliphatic carbocycles. The second-order valence-corrected chi connectivity index (χ2v) is 5.15. The maximum atomic E-state index is 3.81. The zero-order chi connectivity index (χ0) is 10.6. The van der Waals surface area contributed by atoms with E-state index in [0.717, 1.165) is 17.9 Å². The highest BCUT2D eigenvalue weighted by atomic mass is 15.0. The molecule has 1 nitrogen and oxygen atoms in total. The van der Waals surface area contributed by atoms with E-state index in [0.29, 0.717) is 6.04 Å². The smallest absolute Gasteiger partial charge is 0.00722 e. The van der Waals surface area contributed by atoms with E-state index in [1.54, 1.807) is 0 Å². The summed E-state index contributed by atoms with van der Waals surface area (Å²) < 4.78 is 0. The second kappa shape index (κ2) is 5.75. The first-order valence-electron chi connectivity index (χ1n) is 6.43. The average Bonchev–Trinajstić information content (AvgIpc) is 2.53. The maximum absolute atomic E-state index is 3.81. The molecule has 1 rings (SSSR count). The van der Waals surface area contributed by atoms with Gasteiger partial charge in [-0.15, -0.1) is 0 Å². The van der Waals surface area contributed by atoms with Gasteiger partial charge in [0, 0.05) is 12.1 Å². The third-order valence-corrected chi connectivity index (χ3v) is 3.95. The van der Waals surface area contributed by atoms with Gasteiger partial charge in [0.25, 0.3) is 0 Å². The van der Waals surface area contributed by atoms with Crippen LogP contribution in [0.15, 0.2) is 0 Å². The van der Waals surface area contributed by atoms with Crippen LogP contribution in [0.1, 0.15) is 59.8 Å². The average molecular weight is 197 g/mol. The van der Waals surface area contributed by atoms with Crippen LogP contribution in [0.2, 0.25) is 0 Å². The lowest BCUT2D eigenvalue weighted by atomic mass is 9.94. The Bertz CT molecular complexity index is 151. The maximum Gasteiger partial charge on any atom is 0.00722 e. The van der Waals surface area contributed by atoms with Crippen molar-refractivity contribution in [1.82, 2.24) is 5.32 Å². The van der Waals surface area contributed by atoms with Crippen LogP contribution in [0.4, 0.5) is 0 Å². The van der Waals surface area contributed by atoms with Crippen molar-refractivity contribution in [3.05, 3.63) is 0 Å². The van der Waals surface area contributed by atoms with Crippen LogP contribution in [0.3, 0.4) is 0 Å². The summed E-state index contributed by atoms with van der Waals surface area (Å²) in [5.41, 5.74) is 0. The first-order valence-corrected chi connectivity index (χ1v) is 6.43. The predicted octanol–water partition coefficient (Wildman–Crippen LogP) is 3.59. The molecule has 1 aliphatic rings. The molecule has 0 aromatic rings. The topological polar surface area (TPSA) is 12.0 Å². The minimum Gasteiger partial charge on any atom is -0.311 e. The van der Waals surface area contributed by atoms with Crippen LogP contribution in [0.25, 0.3) is 0 Å². The Labute approximate surface area is 89.7 Å². The third kappa shape index (κ3) is 3.27. The van der Waals surface area contributed by atoms with Crippen LogP contribution in [0, 0.1) is 11.8 Å². The van der Waals surface area contributed by atoms with Gasteiger partial charge < -0.3 is 5.32 Å². The summed E-state index contributed by atoms with van der Waals surface area (Å²) >= 11 is 0. The molecule has 14 heavy (non-hydrogen) atoms. The van der Waals surface area contributed by atoms with E-state index in [9.17, 15) is 0 Å². The van der Waals surface area contributed by atoms with Crippen LogP contribution in [-0.4, -0.2) is 12.1 Å². The van der Waals surface area contributed by atoms with Crippen LogP contribution in [-0.2, 0) is 0 Å². The van der Waals surface area contributed by atoms with Gasteiger partial charge in [-0.3, -0.25) is 0 Å². The van der Waals surface area contributed by atoms with E-state index < -0.39 is 0 Å². The predicted molar refractivity (Wildman–Crippen MR) is 63.5 cm³/mol. The lowest BCUT2D eigenvalue weighted by Crippen LogP contribution is -2.39. The molecule has 1 N–H and O–H groups in total. The van der Waals surface area contributed by atoms with Gasteiger partial charge in [-0.1, -0.05) is 33.6 Å².